The van der Waals surface area contributed by atoms with Gasteiger partial charge in [-0.1, -0.05) is 0 Å². The molecule has 1 atom stereocenters. The van der Waals surface area contributed by atoms with E-state index in [0.717, 1.165) is 5.69 Å². The van der Waals surface area contributed by atoms with Crippen molar-refractivity contribution in [3.05, 3.63) is 23.8 Å². The summed E-state index contributed by atoms with van der Waals surface area (Å²) in [5.41, 5.74) is 1.27. The van der Waals surface area contributed by atoms with Gasteiger partial charge in [0.2, 0.25) is 6.23 Å². The molecule has 1 aliphatic heterocycles. The number of halogens is 1. The first kappa shape index (κ1) is 11.0. The van der Waals surface area contributed by atoms with Crippen LogP contribution in [0.4, 0.5) is 5.69 Å². The normalized spacial score (nSPS) is 17.2. The van der Waals surface area contributed by atoms with Gasteiger partial charge in [0.05, 0.1) is 5.69 Å². The molecule has 1 aromatic carbocycles. The van der Waals surface area contributed by atoms with Gasteiger partial charge in [-0.3, -0.25) is 9.59 Å². The van der Waals surface area contributed by atoms with Gasteiger partial charge < -0.3 is 10.1 Å². The number of alkyl halides is 1. The highest BCUT2D eigenvalue weighted by Gasteiger charge is 2.21. The lowest BCUT2D eigenvalue weighted by Gasteiger charge is -2.01. The number of nitrogens with one attached hydrogen (secondary N) is 1. The van der Waals surface area contributed by atoms with E-state index in [2.05, 4.69) is 5.32 Å². The Hall–Kier alpha value is -1.55. The number of aldehydes is 1. The van der Waals surface area contributed by atoms with E-state index in [1.54, 1.807) is 18.2 Å². The molecular formula is C11H10ClNO3. The van der Waals surface area contributed by atoms with Crippen molar-refractivity contribution in [2.24, 2.45) is 0 Å². The van der Waals surface area contributed by atoms with E-state index in [9.17, 15) is 9.59 Å². The number of benzene rings is 1. The molecule has 2 rings (SSSR count). The van der Waals surface area contributed by atoms with Crippen molar-refractivity contribution in [1.29, 1.82) is 0 Å². The van der Waals surface area contributed by atoms with Crippen LogP contribution < -0.4 is 10.1 Å². The third-order valence-corrected chi connectivity index (χ3v) is 2.49. The lowest BCUT2D eigenvalue weighted by atomic mass is 10.1. The first-order valence-corrected chi connectivity index (χ1v) is 5.40. The summed E-state index contributed by atoms with van der Waals surface area (Å²) in [5.74, 6) is 0.792. The Balaban J connectivity index is 2.22. The smallest absolute Gasteiger partial charge is 0.226 e. The van der Waals surface area contributed by atoms with E-state index in [1.165, 1.54) is 0 Å². The number of ketones is 1. The Labute approximate surface area is 97.5 Å². The zero-order valence-electron chi connectivity index (χ0n) is 8.40. The van der Waals surface area contributed by atoms with Crippen LogP contribution in [0.3, 0.4) is 0 Å². The molecule has 0 saturated carbocycles. The maximum atomic E-state index is 11.6. The zero-order chi connectivity index (χ0) is 11.5. The Bertz CT molecular complexity index is 433. The van der Waals surface area contributed by atoms with Crippen molar-refractivity contribution < 1.29 is 14.3 Å². The van der Waals surface area contributed by atoms with Crippen molar-refractivity contribution >= 4 is 29.4 Å². The van der Waals surface area contributed by atoms with Crippen LogP contribution in [0.25, 0.3) is 0 Å². The lowest BCUT2D eigenvalue weighted by Crippen LogP contribution is -2.20. The maximum absolute atomic E-state index is 11.6. The summed E-state index contributed by atoms with van der Waals surface area (Å²) < 4.78 is 5.26. The fourth-order valence-electron chi connectivity index (χ4n) is 1.52. The van der Waals surface area contributed by atoms with E-state index in [-0.39, 0.29) is 5.78 Å². The maximum Gasteiger partial charge on any atom is 0.226 e. The minimum atomic E-state index is -0.659. The van der Waals surface area contributed by atoms with Crippen LogP contribution in [0.2, 0.25) is 0 Å². The van der Waals surface area contributed by atoms with E-state index in [1.807, 2.05) is 0 Å². The molecule has 0 saturated heterocycles. The molecule has 1 unspecified atom stereocenters. The van der Waals surface area contributed by atoms with Gasteiger partial charge in [-0.15, -0.1) is 11.6 Å². The van der Waals surface area contributed by atoms with E-state index >= 15 is 0 Å². The quantitative estimate of drug-likeness (QED) is 0.495. The molecule has 84 valence electrons. The molecule has 1 N–H and O–H groups in total. The second-order valence-electron chi connectivity index (χ2n) is 3.39. The number of fused-ring (bicyclic) bond motifs is 1. The summed E-state index contributed by atoms with van der Waals surface area (Å²) in [4.78, 5) is 22.1. The summed E-state index contributed by atoms with van der Waals surface area (Å²) in [6.45, 7) is 0. The van der Waals surface area contributed by atoms with Gasteiger partial charge in [-0.2, -0.15) is 0 Å². The third-order valence-electron chi connectivity index (χ3n) is 2.30. The van der Waals surface area contributed by atoms with Crippen LogP contribution in [0.15, 0.2) is 18.2 Å². The average molecular weight is 240 g/mol. The van der Waals surface area contributed by atoms with Crippen molar-refractivity contribution in [2.45, 2.75) is 12.6 Å². The number of Topliss-reactive ketones (excluding diaryl/α,β-unsaturated/α-hetero) is 1. The summed E-state index contributed by atoms with van der Waals surface area (Å²) >= 11 is 5.50. The van der Waals surface area contributed by atoms with Crippen LogP contribution in [-0.2, 0) is 4.79 Å². The first-order chi connectivity index (χ1) is 7.74. The Morgan fingerprint density at radius 2 is 2.38 bits per heavy atom. The molecule has 0 bridgehead atoms. The summed E-state index contributed by atoms with van der Waals surface area (Å²) in [6, 6.07) is 5.04. The van der Waals surface area contributed by atoms with Crippen LogP contribution in [0.1, 0.15) is 16.8 Å². The van der Waals surface area contributed by atoms with Gasteiger partial charge in [0.15, 0.2) is 12.1 Å². The van der Waals surface area contributed by atoms with Crippen molar-refractivity contribution in [2.75, 3.05) is 11.2 Å². The van der Waals surface area contributed by atoms with Crippen molar-refractivity contribution in [3.8, 4) is 5.75 Å². The van der Waals surface area contributed by atoms with E-state index in [0.29, 0.717) is 29.9 Å². The lowest BCUT2D eigenvalue weighted by molar-refractivity contribution is -0.112. The molecular weight excluding hydrogens is 230 g/mol. The molecule has 1 heterocycles. The predicted octanol–water partition coefficient (Wildman–Crippen LogP) is 1.83. The van der Waals surface area contributed by atoms with Crippen LogP contribution in [-0.4, -0.2) is 24.2 Å². The number of ether oxygens (including phenoxy) is 1. The van der Waals surface area contributed by atoms with Crippen molar-refractivity contribution in [3.63, 3.8) is 0 Å². The SMILES string of the molecule is O=CC1Nc2ccc(C(=O)CCCl)cc2O1. The van der Waals surface area contributed by atoms with Gasteiger partial charge in [0.1, 0.15) is 5.75 Å². The summed E-state index contributed by atoms with van der Waals surface area (Å²) in [7, 11) is 0. The molecule has 1 aliphatic rings. The average Bonchev–Trinajstić information content (AvgIpc) is 2.70. The molecule has 0 radical (unpaired) electrons. The number of anilines is 1. The number of carbonyl (C=O) groups excluding carboxylic acids is 2. The Kier molecular flexibility index (Phi) is 3.10. The van der Waals surface area contributed by atoms with Crippen LogP contribution >= 0.6 is 11.6 Å². The third kappa shape index (κ3) is 2.02. The monoisotopic (exact) mass is 239 g/mol. The molecule has 0 spiro atoms. The molecule has 16 heavy (non-hydrogen) atoms. The zero-order valence-corrected chi connectivity index (χ0v) is 9.16. The van der Waals surface area contributed by atoms with Gasteiger partial charge in [-0.05, 0) is 18.2 Å². The van der Waals surface area contributed by atoms with E-state index < -0.39 is 6.23 Å². The highest BCUT2D eigenvalue weighted by molar-refractivity contribution is 6.19. The van der Waals surface area contributed by atoms with Crippen LogP contribution in [0, 0.1) is 0 Å². The number of rotatable bonds is 4. The topological polar surface area (TPSA) is 55.4 Å². The first-order valence-electron chi connectivity index (χ1n) is 4.86. The Morgan fingerprint density at radius 1 is 1.56 bits per heavy atom. The van der Waals surface area contributed by atoms with E-state index in [4.69, 9.17) is 16.3 Å². The number of carbonyl (C=O) groups is 2. The van der Waals surface area contributed by atoms with Gasteiger partial charge in [0, 0.05) is 17.9 Å². The van der Waals surface area contributed by atoms with Gasteiger partial charge in [-0.25, -0.2) is 0 Å². The fourth-order valence-corrected chi connectivity index (χ4v) is 1.70. The number of hydrogen-bond donors (Lipinski definition) is 1. The largest absolute Gasteiger partial charge is 0.461 e. The summed E-state index contributed by atoms with van der Waals surface area (Å²) in [6.07, 6.45) is 0.305. The standard InChI is InChI=1S/C11H10ClNO3/c12-4-3-9(15)7-1-2-8-10(5-7)16-11(6-14)13-8/h1-2,5-6,11,13H,3-4H2. The fraction of sp³-hybridized carbons (Fsp3) is 0.273. The van der Waals surface area contributed by atoms with Gasteiger partial charge >= 0.3 is 0 Å². The minimum Gasteiger partial charge on any atom is -0.461 e. The molecule has 0 amide bonds. The minimum absolute atomic E-state index is 0.0315. The highest BCUT2D eigenvalue weighted by Crippen LogP contribution is 2.32. The highest BCUT2D eigenvalue weighted by atomic mass is 35.5. The Morgan fingerprint density at radius 3 is 3.06 bits per heavy atom. The molecule has 0 fully saturated rings. The molecule has 1 aromatic rings. The van der Waals surface area contributed by atoms with Crippen LogP contribution in [0.5, 0.6) is 5.75 Å². The molecule has 0 aliphatic carbocycles. The van der Waals surface area contributed by atoms with Crippen molar-refractivity contribution in [1.82, 2.24) is 0 Å². The molecule has 4 nitrogen and oxygen atoms in total. The predicted molar refractivity (Wildman–Crippen MR) is 60.2 cm³/mol. The number of hydrogen-bond acceptors (Lipinski definition) is 4. The second kappa shape index (κ2) is 4.53. The molecule has 0 aromatic heterocycles. The second-order valence-corrected chi connectivity index (χ2v) is 3.77. The molecule has 5 heteroatoms. The summed E-state index contributed by atoms with van der Waals surface area (Å²) in [5, 5.41) is 2.85. The van der Waals surface area contributed by atoms with Gasteiger partial charge in [0.25, 0.3) is 0 Å².